The molecule has 0 aliphatic rings. The number of Topliss-reactive ketones (excluding diaryl/α,β-unsaturated/α-hetero) is 1. The number of halogens is 1. The lowest BCUT2D eigenvalue weighted by Crippen LogP contribution is -2.24. The Hall–Kier alpha value is -2.14. The number of aryl methyl sites for hydroxylation is 1. The first-order valence-electron chi connectivity index (χ1n) is 8.86. The normalized spacial score (nSPS) is 10.5. The molecular weight excluding hydrogens is 392 g/mol. The van der Waals surface area contributed by atoms with Gasteiger partial charge in [-0.2, -0.15) is 0 Å². The quantitative estimate of drug-likeness (QED) is 0.468. The van der Waals surface area contributed by atoms with Gasteiger partial charge in [0.25, 0.3) is 5.91 Å². The van der Waals surface area contributed by atoms with Crippen molar-refractivity contribution in [2.24, 2.45) is 0 Å². The largest absolute Gasteiger partial charge is 0.398 e. The Bertz CT molecular complexity index is 757. The molecule has 0 saturated carbocycles. The predicted octanol–water partition coefficient (Wildman–Crippen LogP) is 4.44. The summed E-state index contributed by atoms with van der Waals surface area (Å²) >= 11 is 3.36. The maximum Gasteiger partial charge on any atom is 0.251 e. The van der Waals surface area contributed by atoms with Crippen molar-refractivity contribution in [3.63, 3.8) is 0 Å². The van der Waals surface area contributed by atoms with Crippen LogP contribution in [0, 0.1) is 6.92 Å². The Morgan fingerprint density at radius 3 is 2.46 bits per heavy atom. The van der Waals surface area contributed by atoms with Crippen molar-refractivity contribution >= 4 is 33.3 Å². The summed E-state index contributed by atoms with van der Waals surface area (Å²) in [4.78, 5) is 24.0. The number of nitrogens with one attached hydrogen (secondary N) is 1. The monoisotopic (exact) mass is 416 g/mol. The van der Waals surface area contributed by atoms with Crippen molar-refractivity contribution in [3.05, 3.63) is 63.6 Å². The predicted molar refractivity (Wildman–Crippen MR) is 109 cm³/mol. The molecule has 0 aromatic heterocycles. The smallest absolute Gasteiger partial charge is 0.251 e. The lowest BCUT2D eigenvalue weighted by molar-refractivity contribution is -0.118. The summed E-state index contributed by atoms with van der Waals surface area (Å²) in [7, 11) is 0. The number of nitrogens with two attached hydrogens (primary N) is 1. The van der Waals surface area contributed by atoms with Crippen LogP contribution in [0.4, 0.5) is 5.69 Å². The fourth-order valence-electron chi connectivity index (χ4n) is 2.66. The van der Waals surface area contributed by atoms with Crippen LogP contribution in [-0.2, 0) is 11.2 Å². The molecule has 0 aliphatic heterocycles. The van der Waals surface area contributed by atoms with E-state index < -0.39 is 0 Å². The van der Waals surface area contributed by atoms with E-state index in [1.807, 2.05) is 49.4 Å². The molecule has 0 radical (unpaired) electrons. The van der Waals surface area contributed by atoms with Crippen molar-refractivity contribution in [1.82, 2.24) is 5.32 Å². The highest BCUT2D eigenvalue weighted by atomic mass is 79.9. The minimum atomic E-state index is -0.0493. The highest BCUT2D eigenvalue weighted by Gasteiger charge is 2.08. The molecule has 3 N–H and O–H groups in total. The molecule has 2 rings (SSSR count). The van der Waals surface area contributed by atoms with E-state index >= 15 is 0 Å². The Kier molecular flexibility index (Phi) is 7.85. The van der Waals surface area contributed by atoms with Gasteiger partial charge in [0.2, 0.25) is 0 Å². The number of nitrogen functional groups attached to an aromatic ring is 1. The Morgan fingerprint density at radius 2 is 1.77 bits per heavy atom. The number of benzene rings is 2. The van der Waals surface area contributed by atoms with Crippen LogP contribution in [0.3, 0.4) is 0 Å². The molecule has 0 bridgehead atoms. The van der Waals surface area contributed by atoms with Gasteiger partial charge in [-0.25, -0.2) is 0 Å². The summed E-state index contributed by atoms with van der Waals surface area (Å²) in [6.07, 6.45) is 3.53. The Labute approximate surface area is 163 Å². The molecule has 138 valence electrons. The third-order valence-electron chi connectivity index (χ3n) is 4.23. The highest BCUT2D eigenvalue weighted by molar-refractivity contribution is 9.10. The van der Waals surface area contributed by atoms with Crippen LogP contribution in [-0.4, -0.2) is 18.2 Å². The first-order valence-corrected chi connectivity index (χ1v) is 9.65. The summed E-state index contributed by atoms with van der Waals surface area (Å²) in [5, 5.41) is 2.91. The molecule has 0 heterocycles. The van der Waals surface area contributed by atoms with Crippen molar-refractivity contribution in [2.45, 2.75) is 39.0 Å². The number of unbranched alkanes of at least 4 members (excludes halogenated alkanes) is 2. The molecule has 2 aromatic carbocycles. The number of carbonyl (C=O) groups excluding carboxylic acids is 2. The van der Waals surface area contributed by atoms with Gasteiger partial charge in [-0.3, -0.25) is 9.59 Å². The molecule has 0 spiro atoms. The molecule has 2 aromatic rings. The number of carbonyl (C=O) groups is 2. The number of anilines is 1. The average Bonchev–Trinajstić information content (AvgIpc) is 2.61. The number of rotatable bonds is 9. The molecule has 0 atom stereocenters. The molecular formula is C21H25BrN2O2. The second-order valence-electron chi connectivity index (χ2n) is 6.49. The topological polar surface area (TPSA) is 72.2 Å². The van der Waals surface area contributed by atoms with Gasteiger partial charge in [0, 0.05) is 35.1 Å². The van der Waals surface area contributed by atoms with E-state index in [2.05, 4.69) is 21.2 Å². The van der Waals surface area contributed by atoms with Gasteiger partial charge < -0.3 is 11.1 Å². The summed E-state index contributed by atoms with van der Waals surface area (Å²) < 4.78 is 0.916. The zero-order valence-electron chi connectivity index (χ0n) is 15.1. The van der Waals surface area contributed by atoms with E-state index in [0.717, 1.165) is 34.9 Å². The maximum atomic E-state index is 12.1. The second-order valence-corrected chi connectivity index (χ2v) is 7.41. The van der Waals surface area contributed by atoms with Crippen LogP contribution in [0.5, 0.6) is 0 Å². The number of amides is 1. The van der Waals surface area contributed by atoms with Gasteiger partial charge >= 0.3 is 0 Å². The first-order chi connectivity index (χ1) is 12.5. The standard InChI is InChI=1S/C21H25BrN2O2/c1-15-6-8-16(9-7-15)21(26)24-12-4-2-3-5-19(25)13-17-10-11-18(22)14-20(17)23/h6-11,14H,2-5,12-13,23H2,1H3,(H,24,26). The lowest BCUT2D eigenvalue weighted by atomic mass is 10.0. The van der Waals surface area contributed by atoms with Crippen molar-refractivity contribution in [1.29, 1.82) is 0 Å². The minimum Gasteiger partial charge on any atom is -0.398 e. The molecule has 5 heteroatoms. The van der Waals surface area contributed by atoms with E-state index in [-0.39, 0.29) is 11.7 Å². The minimum absolute atomic E-state index is 0.0493. The van der Waals surface area contributed by atoms with Crippen LogP contribution in [0.1, 0.15) is 47.2 Å². The molecule has 0 fully saturated rings. The number of hydrogen-bond acceptors (Lipinski definition) is 3. The van der Waals surface area contributed by atoms with Gasteiger partial charge in [0.1, 0.15) is 5.78 Å². The van der Waals surface area contributed by atoms with Gasteiger partial charge in [-0.05, 0) is 49.6 Å². The Morgan fingerprint density at radius 1 is 1.04 bits per heavy atom. The van der Waals surface area contributed by atoms with E-state index in [4.69, 9.17) is 5.73 Å². The summed E-state index contributed by atoms with van der Waals surface area (Å²) in [5.41, 5.74) is 9.26. The van der Waals surface area contributed by atoms with Gasteiger partial charge in [0.05, 0.1) is 0 Å². The van der Waals surface area contributed by atoms with Gasteiger partial charge in [0.15, 0.2) is 0 Å². The molecule has 26 heavy (non-hydrogen) atoms. The molecule has 1 amide bonds. The van der Waals surface area contributed by atoms with Crippen LogP contribution in [0.15, 0.2) is 46.9 Å². The fraction of sp³-hybridized carbons (Fsp3) is 0.333. The van der Waals surface area contributed by atoms with Crippen LogP contribution in [0.2, 0.25) is 0 Å². The van der Waals surface area contributed by atoms with E-state index in [9.17, 15) is 9.59 Å². The molecule has 0 saturated heterocycles. The molecule has 0 unspecified atom stereocenters. The van der Waals surface area contributed by atoms with E-state index in [0.29, 0.717) is 30.6 Å². The average molecular weight is 417 g/mol. The number of hydrogen-bond donors (Lipinski definition) is 2. The van der Waals surface area contributed by atoms with E-state index in [1.165, 1.54) is 0 Å². The van der Waals surface area contributed by atoms with E-state index in [1.54, 1.807) is 0 Å². The lowest BCUT2D eigenvalue weighted by Gasteiger charge is -2.07. The first kappa shape index (κ1) is 20.2. The summed E-state index contributed by atoms with van der Waals surface area (Å²) in [5.74, 6) is 0.148. The zero-order valence-corrected chi connectivity index (χ0v) is 16.6. The SMILES string of the molecule is Cc1ccc(C(=O)NCCCCCC(=O)Cc2ccc(Br)cc2N)cc1. The van der Waals surface area contributed by atoms with Gasteiger partial charge in [-0.1, -0.05) is 46.1 Å². The van der Waals surface area contributed by atoms with Crippen LogP contribution < -0.4 is 11.1 Å². The Balaban J connectivity index is 1.60. The summed E-state index contributed by atoms with van der Waals surface area (Å²) in [6, 6.07) is 13.1. The third-order valence-corrected chi connectivity index (χ3v) is 4.72. The fourth-order valence-corrected chi connectivity index (χ4v) is 3.04. The van der Waals surface area contributed by atoms with Crippen molar-refractivity contribution in [3.8, 4) is 0 Å². The van der Waals surface area contributed by atoms with Crippen LogP contribution >= 0.6 is 15.9 Å². The third kappa shape index (κ3) is 6.64. The molecule has 0 aliphatic carbocycles. The van der Waals surface area contributed by atoms with Crippen LogP contribution in [0.25, 0.3) is 0 Å². The second kappa shape index (κ2) is 10.1. The molecule has 4 nitrogen and oxygen atoms in total. The zero-order chi connectivity index (χ0) is 18.9. The highest BCUT2D eigenvalue weighted by Crippen LogP contribution is 2.19. The summed E-state index contributed by atoms with van der Waals surface area (Å²) in [6.45, 7) is 2.62. The van der Waals surface area contributed by atoms with Crippen molar-refractivity contribution < 1.29 is 9.59 Å². The van der Waals surface area contributed by atoms with Crippen molar-refractivity contribution in [2.75, 3.05) is 12.3 Å². The van der Waals surface area contributed by atoms with Gasteiger partial charge in [-0.15, -0.1) is 0 Å². The number of ketones is 1. The maximum absolute atomic E-state index is 12.1.